The number of hydrogen-bond acceptors (Lipinski definition) is 16. The monoisotopic (exact) mass is 992 g/mol. The van der Waals surface area contributed by atoms with Crippen molar-refractivity contribution < 1.29 is 76.0 Å². The minimum absolute atomic E-state index is 0.00740. The predicted molar refractivity (Wildman–Crippen MR) is 256 cm³/mol. The van der Waals surface area contributed by atoms with E-state index in [0.29, 0.717) is 0 Å². The Bertz CT molecular complexity index is 2290. The van der Waals surface area contributed by atoms with Gasteiger partial charge in [0.1, 0.15) is 26.4 Å². The molecule has 18 rings (SSSR count). The summed E-state index contributed by atoms with van der Waals surface area (Å²) in [5.41, 5.74) is 1.22. The lowest BCUT2D eigenvalue weighted by Crippen LogP contribution is -2.48. The van der Waals surface area contributed by atoms with Crippen LogP contribution >= 0.6 is 0 Å². The van der Waals surface area contributed by atoms with Crippen LogP contribution in [0.4, 0.5) is 0 Å². The lowest BCUT2D eigenvalue weighted by Gasteiger charge is -2.44. The molecule has 14 aliphatic heterocycles. The van der Waals surface area contributed by atoms with Crippen molar-refractivity contribution in [3.05, 3.63) is 142 Å². The quantitative estimate of drug-likeness (QED) is 0.121. The van der Waals surface area contributed by atoms with Crippen LogP contribution < -0.4 is 0 Å². The number of carbonyl (C=O) groups is 4. The van der Waals surface area contributed by atoms with Gasteiger partial charge in [0.05, 0.1) is 75.1 Å². The number of ether oxygens (including phenoxy) is 12. The van der Waals surface area contributed by atoms with E-state index in [4.69, 9.17) is 56.8 Å². The minimum atomic E-state index is -1.08. The Morgan fingerprint density at radius 1 is 0.278 bits per heavy atom. The van der Waals surface area contributed by atoms with Crippen molar-refractivity contribution in [2.24, 2.45) is 21.7 Å². The molecule has 0 amide bonds. The molecule has 0 unspecified atom stereocenters. The SMILES string of the molecule is CC12COC(=O)c3cccc(c3)C(=O)OCC3(C)COC(C)(OC3)c3ccc(cc3)C3(C)OCC(C)(COC(=O)c4cccc(c4)C(=O)OCC4(C)COC(C)(OC4)c4ccc(cc4)C(C)(OC1)OC2)CO3. The fourth-order valence-electron chi connectivity index (χ4n) is 8.82. The maximum atomic E-state index is 13.3. The van der Waals surface area contributed by atoms with Gasteiger partial charge in [-0.1, -0.05) is 88.4 Å². The molecule has 4 aromatic carbocycles. The Kier molecular flexibility index (Phi) is 13.8. The molecule has 16 nitrogen and oxygen atoms in total. The number of esters is 4. The van der Waals surface area contributed by atoms with Crippen LogP contribution in [0.2, 0.25) is 0 Å². The summed E-state index contributed by atoms with van der Waals surface area (Å²) in [6, 6.07) is 27.6. The van der Waals surface area contributed by atoms with Crippen LogP contribution in [-0.4, -0.2) is 103 Å². The lowest BCUT2D eigenvalue weighted by molar-refractivity contribution is -0.306. The molecule has 0 saturated carbocycles. The van der Waals surface area contributed by atoms with Gasteiger partial charge in [-0.05, 0) is 64.1 Å². The number of carbonyl (C=O) groups excluding carboxylic acids is 4. The first-order valence-corrected chi connectivity index (χ1v) is 24.3. The van der Waals surface area contributed by atoms with Gasteiger partial charge in [0.15, 0.2) is 23.1 Å². The zero-order valence-electron chi connectivity index (χ0n) is 42.3. The molecule has 384 valence electrons. The van der Waals surface area contributed by atoms with Crippen LogP contribution in [0.3, 0.4) is 0 Å². The van der Waals surface area contributed by atoms with Crippen LogP contribution in [0.15, 0.2) is 97.1 Å². The van der Waals surface area contributed by atoms with Gasteiger partial charge in [0.2, 0.25) is 0 Å². The molecule has 0 radical (unpaired) electrons. The summed E-state index contributed by atoms with van der Waals surface area (Å²) in [7, 11) is 0. The Hall–Kier alpha value is -5.56. The zero-order chi connectivity index (χ0) is 51.2. The third kappa shape index (κ3) is 10.9. The van der Waals surface area contributed by atoms with E-state index in [0.717, 1.165) is 22.3 Å². The topological polar surface area (TPSA) is 179 Å². The van der Waals surface area contributed by atoms with E-state index >= 15 is 0 Å². The van der Waals surface area contributed by atoms with Gasteiger partial charge >= 0.3 is 23.9 Å². The highest BCUT2D eigenvalue weighted by Gasteiger charge is 2.46. The molecule has 0 aliphatic carbocycles. The van der Waals surface area contributed by atoms with E-state index in [1.54, 1.807) is 36.4 Å². The molecule has 0 N–H and O–H groups in total. The molecule has 4 fully saturated rings. The highest BCUT2D eigenvalue weighted by molar-refractivity contribution is 5.96. The van der Waals surface area contributed by atoms with E-state index < -0.39 is 68.7 Å². The first-order valence-electron chi connectivity index (χ1n) is 24.3. The van der Waals surface area contributed by atoms with Gasteiger partial charge in [0, 0.05) is 43.9 Å². The van der Waals surface area contributed by atoms with Gasteiger partial charge < -0.3 is 56.8 Å². The molecule has 4 aromatic rings. The Morgan fingerprint density at radius 3 is 0.639 bits per heavy atom. The summed E-state index contributed by atoms with van der Waals surface area (Å²) in [6.07, 6.45) is 0. The van der Waals surface area contributed by atoms with Crippen molar-refractivity contribution in [2.75, 3.05) is 79.3 Å². The smallest absolute Gasteiger partial charge is 0.338 e. The molecule has 0 atom stereocenters. The van der Waals surface area contributed by atoms with Crippen LogP contribution in [0.5, 0.6) is 0 Å². The second kappa shape index (κ2) is 19.4. The van der Waals surface area contributed by atoms with Crippen molar-refractivity contribution in [3.8, 4) is 0 Å². The summed E-state index contributed by atoms with van der Waals surface area (Å²) < 4.78 is 73.6. The lowest BCUT2D eigenvalue weighted by atomic mass is 9.90. The van der Waals surface area contributed by atoms with Gasteiger partial charge in [-0.2, -0.15) is 0 Å². The standard InChI is InChI=1S/C56H64O16/c1-49-25-61-45(57)37-11-9-12-38(23-37)46(58)62-26-50(2)33-69-55(7,70-34-50)43-19-21-44(22-20-43)56(8)71-35-52(4,36-72-56)28-64-48(60)40-14-10-13-39(24-40)47(59)63-27-51(3)31-67-54(6,68-32-51)42-17-15-41(16-18-42)53(5,65-29-49)66-30-49/h9-24H,25-36H2,1-8H3. The second-order valence-corrected chi connectivity index (χ2v) is 22.0. The van der Waals surface area contributed by atoms with Crippen LogP contribution in [-0.2, 0) is 80.0 Å². The third-order valence-corrected chi connectivity index (χ3v) is 14.3. The molecule has 4 saturated heterocycles. The molecule has 16 bridgehead atoms. The molecular formula is C56H64O16. The zero-order valence-corrected chi connectivity index (χ0v) is 42.3. The fourth-order valence-corrected chi connectivity index (χ4v) is 8.82. The summed E-state index contributed by atoms with van der Waals surface area (Å²) in [4.78, 5) is 53.4. The van der Waals surface area contributed by atoms with Gasteiger partial charge in [-0.3, -0.25) is 0 Å². The van der Waals surface area contributed by atoms with E-state index in [-0.39, 0.29) is 102 Å². The first-order chi connectivity index (χ1) is 34.0. The summed E-state index contributed by atoms with van der Waals surface area (Å²) in [6.45, 7) is 16.9. The minimum Gasteiger partial charge on any atom is -0.461 e. The van der Waals surface area contributed by atoms with Crippen molar-refractivity contribution in [1.82, 2.24) is 0 Å². The van der Waals surface area contributed by atoms with Crippen LogP contribution in [0.1, 0.15) is 119 Å². The maximum absolute atomic E-state index is 13.3. The normalized spacial score (nSPS) is 35.1. The van der Waals surface area contributed by atoms with Gasteiger partial charge in [-0.25, -0.2) is 19.2 Å². The highest BCUT2D eigenvalue weighted by atomic mass is 16.7. The number of rotatable bonds is 0. The Labute approximate surface area is 419 Å². The summed E-state index contributed by atoms with van der Waals surface area (Å²) in [5, 5.41) is 0. The number of hydrogen-bond donors (Lipinski definition) is 0. The van der Waals surface area contributed by atoms with Crippen molar-refractivity contribution in [3.63, 3.8) is 0 Å². The van der Waals surface area contributed by atoms with E-state index in [1.165, 1.54) is 12.1 Å². The van der Waals surface area contributed by atoms with E-state index in [2.05, 4.69) is 0 Å². The summed E-state index contributed by atoms with van der Waals surface area (Å²) in [5.74, 6) is -6.73. The highest BCUT2D eigenvalue weighted by Crippen LogP contribution is 2.43. The van der Waals surface area contributed by atoms with Gasteiger partial charge in [-0.15, -0.1) is 0 Å². The second-order valence-electron chi connectivity index (χ2n) is 22.0. The summed E-state index contributed by atoms with van der Waals surface area (Å²) >= 11 is 0. The van der Waals surface area contributed by atoms with Crippen LogP contribution in [0.25, 0.3) is 0 Å². The molecule has 14 heterocycles. The molecule has 72 heavy (non-hydrogen) atoms. The fraction of sp³-hybridized carbons (Fsp3) is 0.500. The molecule has 0 spiro atoms. The van der Waals surface area contributed by atoms with Crippen molar-refractivity contribution in [1.29, 1.82) is 0 Å². The Balaban J connectivity index is 0.891. The van der Waals surface area contributed by atoms with Gasteiger partial charge in [0.25, 0.3) is 0 Å². The molecule has 16 heteroatoms. The van der Waals surface area contributed by atoms with Crippen molar-refractivity contribution in [2.45, 2.75) is 78.5 Å². The van der Waals surface area contributed by atoms with E-state index in [1.807, 2.05) is 104 Å². The molecule has 14 aliphatic rings. The third-order valence-electron chi connectivity index (χ3n) is 14.3. The average molecular weight is 993 g/mol. The predicted octanol–water partition coefficient (Wildman–Crippen LogP) is 8.33. The van der Waals surface area contributed by atoms with Crippen LogP contribution in [0, 0.1) is 21.7 Å². The maximum Gasteiger partial charge on any atom is 0.338 e. The molecule has 0 aromatic heterocycles. The molecular weight excluding hydrogens is 929 g/mol. The first kappa shape index (κ1) is 51.3. The van der Waals surface area contributed by atoms with Crippen molar-refractivity contribution >= 4 is 23.9 Å². The number of benzene rings is 4. The Morgan fingerprint density at radius 2 is 0.458 bits per heavy atom. The largest absolute Gasteiger partial charge is 0.461 e. The average Bonchev–Trinajstić information content (AvgIpc) is 3.40. The van der Waals surface area contributed by atoms with E-state index in [9.17, 15) is 19.2 Å².